The Morgan fingerprint density at radius 2 is 1.95 bits per heavy atom. The fraction of sp³-hybridized carbons (Fsp3) is 0.533. The molecule has 1 unspecified atom stereocenters. The van der Waals surface area contributed by atoms with Gasteiger partial charge in [-0.15, -0.1) is 0 Å². The molecule has 0 spiro atoms. The van der Waals surface area contributed by atoms with E-state index in [4.69, 9.17) is 11.6 Å². The van der Waals surface area contributed by atoms with E-state index >= 15 is 0 Å². The molecule has 0 fully saturated rings. The molecular formula is C15H23ClN2O. The van der Waals surface area contributed by atoms with Crippen LogP contribution in [0.5, 0.6) is 0 Å². The second-order valence-electron chi connectivity index (χ2n) is 5.75. The summed E-state index contributed by atoms with van der Waals surface area (Å²) in [7, 11) is 0. The van der Waals surface area contributed by atoms with Crippen molar-refractivity contribution < 1.29 is 4.79 Å². The standard InChI is InChI=1S/C15H23ClN2O/c1-11(12-7-5-6-8-13(12)16)17-10-9-14(19)18-15(2,3)4/h5-8,11,17H,9-10H2,1-4H3,(H,18,19). The normalized spacial score (nSPS) is 13.1. The van der Waals surface area contributed by atoms with Gasteiger partial charge < -0.3 is 10.6 Å². The van der Waals surface area contributed by atoms with Gasteiger partial charge in [-0.25, -0.2) is 0 Å². The molecule has 1 amide bonds. The number of amides is 1. The molecule has 0 saturated carbocycles. The van der Waals surface area contributed by atoms with Gasteiger partial charge in [-0.1, -0.05) is 29.8 Å². The van der Waals surface area contributed by atoms with Crippen molar-refractivity contribution in [1.29, 1.82) is 0 Å². The van der Waals surface area contributed by atoms with Gasteiger partial charge in [0.15, 0.2) is 0 Å². The maximum atomic E-state index is 11.7. The van der Waals surface area contributed by atoms with E-state index in [0.29, 0.717) is 13.0 Å². The molecule has 0 aromatic heterocycles. The molecular weight excluding hydrogens is 260 g/mol. The summed E-state index contributed by atoms with van der Waals surface area (Å²) in [5.74, 6) is 0.0614. The van der Waals surface area contributed by atoms with Gasteiger partial charge in [-0.05, 0) is 39.3 Å². The molecule has 1 aromatic rings. The molecule has 19 heavy (non-hydrogen) atoms. The van der Waals surface area contributed by atoms with Crippen molar-refractivity contribution in [3.63, 3.8) is 0 Å². The Balaban J connectivity index is 2.38. The predicted octanol–water partition coefficient (Wildman–Crippen LogP) is 3.30. The van der Waals surface area contributed by atoms with Gasteiger partial charge >= 0.3 is 0 Å². The van der Waals surface area contributed by atoms with Crippen LogP contribution in [0, 0.1) is 0 Å². The minimum absolute atomic E-state index is 0.0614. The number of rotatable bonds is 5. The highest BCUT2D eigenvalue weighted by Crippen LogP contribution is 2.21. The van der Waals surface area contributed by atoms with E-state index in [-0.39, 0.29) is 17.5 Å². The summed E-state index contributed by atoms with van der Waals surface area (Å²) >= 11 is 6.13. The monoisotopic (exact) mass is 282 g/mol. The maximum Gasteiger partial charge on any atom is 0.221 e. The van der Waals surface area contributed by atoms with Crippen LogP contribution in [0.15, 0.2) is 24.3 Å². The van der Waals surface area contributed by atoms with Gasteiger partial charge in [0, 0.05) is 29.6 Å². The fourth-order valence-corrected chi connectivity index (χ4v) is 2.12. The zero-order valence-electron chi connectivity index (χ0n) is 12.1. The van der Waals surface area contributed by atoms with Crippen molar-refractivity contribution in [3.05, 3.63) is 34.9 Å². The van der Waals surface area contributed by atoms with Crippen LogP contribution in [0.2, 0.25) is 5.02 Å². The lowest BCUT2D eigenvalue weighted by Crippen LogP contribution is -2.41. The molecule has 2 N–H and O–H groups in total. The average molecular weight is 283 g/mol. The molecule has 0 aliphatic carbocycles. The van der Waals surface area contributed by atoms with Gasteiger partial charge in [0.2, 0.25) is 5.91 Å². The Bertz CT molecular complexity index is 426. The van der Waals surface area contributed by atoms with Crippen LogP contribution < -0.4 is 10.6 Å². The Labute approximate surface area is 120 Å². The first-order valence-electron chi connectivity index (χ1n) is 6.58. The topological polar surface area (TPSA) is 41.1 Å². The Kier molecular flexibility index (Phi) is 5.83. The molecule has 106 valence electrons. The Morgan fingerprint density at radius 1 is 1.32 bits per heavy atom. The van der Waals surface area contributed by atoms with Crippen LogP contribution in [0.1, 0.15) is 45.7 Å². The van der Waals surface area contributed by atoms with Crippen molar-refractivity contribution in [2.45, 2.75) is 45.7 Å². The maximum absolute atomic E-state index is 11.7. The summed E-state index contributed by atoms with van der Waals surface area (Å²) in [4.78, 5) is 11.7. The number of halogens is 1. The van der Waals surface area contributed by atoms with Crippen LogP contribution in [0.25, 0.3) is 0 Å². The molecule has 0 saturated heterocycles. The number of carbonyl (C=O) groups excluding carboxylic acids is 1. The molecule has 0 aliphatic rings. The lowest BCUT2D eigenvalue weighted by molar-refractivity contribution is -0.122. The molecule has 0 heterocycles. The smallest absolute Gasteiger partial charge is 0.221 e. The summed E-state index contributed by atoms with van der Waals surface area (Å²) < 4.78 is 0. The Hall–Kier alpha value is -1.06. The fourth-order valence-electron chi connectivity index (χ4n) is 1.82. The van der Waals surface area contributed by atoms with E-state index in [2.05, 4.69) is 10.6 Å². The summed E-state index contributed by atoms with van der Waals surface area (Å²) in [5.41, 5.74) is 0.881. The first-order chi connectivity index (χ1) is 8.79. The van der Waals surface area contributed by atoms with Crippen molar-refractivity contribution in [2.75, 3.05) is 6.54 Å². The summed E-state index contributed by atoms with van der Waals surface area (Å²) in [6.45, 7) is 8.61. The quantitative estimate of drug-likeness (QED) is 0.870. The second kappa shape index (κ2) is 6.92. The van der Waals surface area contributed by atoms with E-state index in [1.807, 2.05) is 52.0 Å². The van der Waals surface area contributed by atoms with Crippen LogP contribution in [-0.2, 0) is 4.79 Å². The van der Waals surface area contributed by atoms with Crippen LogP contribution >= 0.6 is 11.6 Å². The van der Waals surface area contributed by atoms with Crippen molar-refractivity contribution in [1.82, 2.24) is 10.6 Å². The zero-order chi connectivity index (χ0) is 14.5. The molecule has 1 rings (SSSR count). The van der Waals surface area contributed by atoms with Crippen molar-refractivity contribution in [3.8, 4) is 0 Å². The van der Waals surface area contributed by atoms with E-state index in [9.17, 15) is 4.79 Å². The van der Waals surface area contributed by atoms with E-state index in [0.717, 1.165) is 10.6 Å². The summed E-state index contributed by atoms with van der Waals surface area (Å²) in [6, 6.07) is 7.88. The van der Waals surface area contributed by atoms with Crippen LogP contribution in [-0.4, -0.2) is 18.0 Å². The van der Waals surface area contributed by atoms with E-state index in [1.165, 1.54) is 0 Å². The summed E-state index contributed by atoms with van der Waals surface area (Å²) in [5, 5.41) is 7.00. The van der Waals surface area contributed by atoms with Crippen molar-refractivity contribution in [2.24, 2.45) is 0 Å². The lowest BCUT2D eigenvalue weighted by Gasteiger charge is -2.21. The van der Waals surface area contributed by atoms with Crippen LogP contribution in [0.4, 0.5) is 0 Å². The predicted molar refractivity (Wildman–Crippen MR) is 80.4 cm³/mol. The molecule has 1 aromatic carbocycles. The first-order valence-corrected chi connectivity index (χ1v) is 6.96. The molecule has 0 aliphatic heterocycles. The number of hydrogen-bond acceptors (Lipinski definition) is 2. The zero-order valence-corrected chi connectivity index (χ0v) is 12.8. The Morgan fingerprint density at radius 3 is 2.53 bits per heavy atom. The van der Waals surface area contributed by atoms with Gasteiger partial charge in [0.25, 0.3) is 0 Å². The largest absolute Gasteiger partial charge is 0.351 e. The van der Waals surface area contributed by atoms with Gasteiger partial charge in [-0.3, -0.25) is 4.79 Å². The van der Waals surface area contributed by atoms with E-state index in [1.54, 1.807) is 0 Å². The molecule has 0 radical (unpaired) electrons. The highest BCUT2D eigenvalue weighted by atomic mass is 35.5. The molecule has 0 bridgehead atoms. The third-order valence-corrected chi connectivity index (χ3v) is 3.03. The third kappa shape index (κ3) is 6.08. The average Bonchev–Trinajstić information content (AvgIpc) is 2.26. The lowest BCUT2D eigenvalue weighted by atomic mass is 10.1. The SMILES string of the molecule is CC(NCCC(=O)NC(C)(C)C)c1ccccc1Cl. The molecule has 3 nitrogen and oxygen atoms in total. The highest BCUT2D eigenvalue weighted by Gasteiger charge is 2.14. The molecule has 1 atom stereocenters. The van der Waals surface area contributed by atoms with Crippen molar-refractivity contribution >= 4 is 17.5 Å². The first kappa shape index (κ1) is 16.0. The molecule has 4 heteroatoms. The number of benzene rings is 1. The number of carbonyl (C=O) groups is 1. The minimum Gasteiger partial charge on any atom is -0.351 e. The highest BCUT2D eigenvalue weighted by molar-refractivity contribution is 6.31. The number of nitrogens with one attached hydrogen (secondary N) is 2. The summed E-state index contributed by atoms with van der Waals surface area (Å²) in [6.07, 6.45) is 0.464. The minimum atomic E-state index is -0.175. The second-order valence-corrected chi connectivity index (χ2v) is 6.15. The van der Waals surface area contributed by atoms with Crippen LogP contribution in [0.3, 0.4) is 0 Å². The van der Waals surface area contributed by atoms with E-state index < -0.39 is 0 Å². The van der Waals surface area contributed by atoms with Gasteiger partial charge in [0.1, 0.15) is 0 Å². The van der Waals surface area contributed by atoms with Gasteiger partial charge in [0.05, 0.1) is 0 Å². The number of hydrogen-bond donors (Lipinski definition) is 2. The third-order valence-electron chi connectivity index (χ3n) is 2.69. The van der Waals surface area contributed by atoms with Gasteiger partial charge in [-0.2, -0.15) is 0 Å².